The van der Waals surface area contributed by atoms with Crippen molar-refractivity contribution >= 4 is 23.2 Å². The minimum Gasteiger partial charge on any atom is -0.356 e. The normalized spacial score (nSPS) is 15.4. The number of amides is 2. The Bertz CT molecular complexity index is 1090. The van der Waals surface area contributed by atoms with E-state index >= 15 is 0 Å². The van der Waals surface area contributed by atoms with Crippen molar-refractivity contribution in [2.75, 3.05) is 19.6 Å². The molecule has 1 fully saturated rings. The number of nitrogens with one attached hydrogen (secondary N) is 1. The van der Waals surface area contributed by atoms with Gasteiger partial charge in [-0.25, -0.2) is 4.98 Å². The minimum atomic E-state index is -0.525. The molecule has 7 heteroatoms. The highest BCUT2D eigenvalue weighted by molar-refractivity contribution is 7.11. The molecular formula is C25H28N4O2S. The average Bonchev–Trinajstić information content (AvgIpc) is 3.26. The number of benzene rings is 1. The lowest BCUT2D eigenvalue weighted by atomic mass is 9.72. The second-order valence-electron chi connectivity index (χ2n) is 8.32. The van der Waals surface area contributed by atoms with Crippen molar-refractivity contribution in [1.82, 2.24) is 20.2 Å². The molecule has 1 aliphatic rings. The zero-order valence-corrected chi connectivity index (χ0v) is 19.3. The Labute approximate surface area is 192 Å². The number of carbonyl (C=O) groups is 2. The van der Waals surface area contributed by atoms with Crippen LogP contribution < -0.4 is 5.32 Å². The number of aromatic nitrogens is 2. The van der Waals surface area contributed by atoms with Gasteiger partial charge in [-0.1, -0.05) is 30.3 Å². The summed E-state index contributed by atoms with van der Waals surface area (Å²) in [5.41, 5.74) is 5.23. The Morgan fingerprint density at radius 1 is 1.16 bits per heavy atom. The van der Waals surface area contributed by atoms with Crippen molar-refractivity contribution in [1.29, 1.82) is 0 Å². The van der Waals surface area contributed by atoms with Gasteiger partial charge in [0, 0.05) is 32.0 Å². The van der Waals surface area contributed by atoms with Crippen LogP contribution in [0.3, 0.4) is 0 Å². The molecule has 3 heterocycles. The highest BCUT2D eigenvalue weighted by Crippen LogP contribution is 2.37. The van der Waals surface area contributed by atoms with E-state index in [2.05, 4.69) is 33.5 Å². The van der Waals surface area contributed by atoms with Crippen molar-refractivity contribution in [3.8, 4) is 11.1 Å². The fourth-order valence-corrected chi connectivity index (χ4v) is 5.18. The van der Waals surface area contributed by atoms with Gasteiger partial charge in [0.15, 0.2) is 0 Å². The van der Waals surface area contributed by atoms with E-state index in [4.69, 9.17) is 0 Å². The molecule has 166 valence electrons. The summed E-state index contributed by atoms with van der Waals surface area (Å²) in [4.78, 5) is 37.1. The number of hydrogen-bond donors (Lipinski definition) is 1. The molecule has 32 heavy (non-hydrogen) atoms. The first kappa shape index (κ1) is 22.1. The maximum Gasteiger partial charge on any atom is 0.265 e. The van der Waals surface area contributed by atoms with Crippen molar-refractivity contribution in [3.05, 3.63) is 70.4 Å². The molecule has 6 nitrogen and oxygen atoms in total. The summed E-state index contributed by atoms with van der Waals surface area (Å²) in [5, 5.41) is 3.04. The summed E-state index contributed by atoms with van der Waals surface area (Å²) in [5.74, 6) is 0.0981. The van der Waals surface area contributed by atoms with Gasteiger partial charge in [0.1, 0.15) is 4.88 Å². The van der Waals surface area contributed by atoms with Crippen molar-refractivity contribution in [2.24, 2.45) is 5.41 Å². The highest BCUT2D eigenvalue weighted by Gasteiger charge is 2.42. The molecule has 4 rings (SSSR count). The SMILES string of the molecule is CCNC(=O)C1(Cc2cccc(-c3cccnc3)c2)CCN(C(=O)c2scnc2C)CC1. The smallest absolute Gasteiger partial charge is 0.265 e. The van der Waals surface area contributed by atoms with Gasteiger partial charge in [0.25, 0.3) is 5.91 Å². The van der Waals surface area contributed by atoms with Gasteiger partial charge in [-0.3, -0.25) is 14.6 Å². The molecule has 0 radical (unpaired) electrons. The lowest BCUT2D eigenvalue weighted by Gasteiger charge is -2.40. The quantitative estimate of drug-likeness (QED) is 0.616. The lowest BCUT2D eigenvalue weighted by molar-refractivity contribution is -0.133. The largest absolute Gasteiger partial charge is 0.356 e. The van der Waals surface area contributed by atoms with Gasteiger partial charge >= 0.3 is 0 Å². The summed E-state index contributed by atoms with van der Waals surface area (Å²) in [6.07, 6.45) is 5.54. The molecule has 1 saturated heterocycles. The predicted octanol–water partition coefficient (Wildman–Crippen LogP) is 4.11. The van der Waals surface area contributed by atoms with Gasteiger partial charge in [0.2, 0.25) is 5.91 Å². The number of thiazole rings is 1. The Kier molecular flexibility index (Phi) is 6.65. The third-order valence-electron chi connectivity index (χ3n) is 6.23. The fraction of sp³-hybridized carbons (Fsp3) is 0.360. The average molecular weight is 449 g/mol. The van der Waals surface area contributed by atoms with Crippen molar-refractivity contribution < 1.29 is 9.59 Å². The number of hydrogen-bond acceptors (Lipinski definition) is 5. The predicted molar refractivity (Wildman–Crippen MR) is 126 cm³/mol. The zero-order valence-electron chi connectivity index (χ0n) is 18.5. The third kappa shape index (κ3) is 4.58. The molecule has 0 unspecified atom stereocenters. The van der Waals surface area contributed by atoms with E-state index < -0.39 is 5.41 Å². The van der Waals surface area contributed by atoms with Crippen LogP contribution >= 0.6 is 11.3 Å². The molecule has 2 amide bonds. The molecular weight excluding hydrogens is 420 g/mol. The number of pyridine rings is 1. The second-order valence-corrected chi connectivity index (χ2v) is 9.17. The van der Waals surface area contributed by atoms with E-state index in [-0.39, 0.29) is 11.8 Å². The van der Waals surface area contributed by atoms with Crippen LogP contribution in [0.2, 0.25) is 0 Å². The summed E-state index contributed by atoms with van der Waals surface area (Å²) in [6, 6.07) is 12.3. The number of piperidine rings is 1. The van der Waals surface area contributed by atoms with Gasteiger partial charge < -0.3 is 10.2 Å². The Morgan fingerprint density at radius 2 is 1.94 bits per heavy atom. The highest BCUT2D eigenvalue weighted by atomic mass is 32.1. The number of likely N-dealkylation sites (tertiary alicyclic amines) is 1. The standard InChI is InChI=1S/C25H28N4O2S/c1-3-27-24(31)25(9-12-29(13-10-25)23(30)22-18(2)28-17-32-22)15-19-6-4-7-20(14-19)21-8-5-11-26-16-21/h4-8,11,14,16-17H,3,9-10,12-13,15H2,1-2H3,(H,27,31). The molecule has 1 aliphatic heterocycles. The first-order valence-electron chi connectivity index (χ1n) is 11.0. The van der Waals surface area contributed by atoms with Crippen LogP contribution in [0, 0.1) is 12.3 Å². The van der Waals surface area contributed by atoms with Crippen LogP contribution in [0.4, 0.5) is 0 Å². The van der Waals surface area contributed by atoms with Gasteiger partial charge in [-0.2, -0.15) is 0 Å². The molecule has 0 spiro atoms. The third-order valence-corrected chi connectivity index (χ3v) is 7.15. The van der Waals surface area contributed by atoms with Crippen LogP contribution in [0.5, 0.6) is 0 Å². The number of nitrogens with zero attached hydrogens (tertiary/aromatic N) is 3. The summed E-state index contributed by atoms with van der Waals surface area (Å²) in [7, 11) is 0. The molecule has 0 atom stereocenters. The number of carbonyl (C=O) groups excluding carboxylic acids is 2. The van der Waals surface area contributed by atoms with Crippen molar-refractivity contribution in [2.45, 2.75) is 33.1 Å². The maximum atomic E-state index is 13.2. The molecule has 3 aromatic rings. The van der Waals surface area contributed by atoms with Gasteiger partial charge in [-0.05, 0) is 55.9 Å². The zero-order chi connectivity index (χ0) is 22.6. The second kappa shape index (κ2) is 9.61. The van der Waals surface area contributed by atoms with Crippen LogP contribution in [-0.2, 0) is 11.2 Å². The van der Waals surface area contributed by atoms with Crippen LogP contribution in [0.25, 0.3) is 11.1 Å². The minimum absolute atomic E-state index is 0.0214. The first-order chi connectivity index (χ1) is 15.5. The van der Waals surface area contributed by atoms with E-state index in [1.807, 2.05) is 43.1 Å². The maximum absolute atomic E-state index is 13.2. The summed E-state index contributed by atoms with van der Waals surface area (Å²) < 4.78 is 0. The van der Waals surface area contributed by atoms with Crippen molar-refractivity contribution in [3.63, 3.8) is 0 Å². The van der Waals surface area contributed by atoms with Gasteiger partial charge in [0.05, 0.1) is 16.6 Å². The first-order valence-corrected chi connectivity index (χ1v) is 11.9. The van der Waals surface area contributed by atoms with Crippen LogP contribution in [0.1, 0.15) is 40.7 Å². The summed E-state index contributed by atoms with van der Waals surface area (Å²) >= 11 is 1.38. The molecule has 0 saturated carbocycles. The monoisotopic (exact) mass is 448 g/mol. The van der Waals surface area contributed by atoms with E-state index in [9.17, 15) is 9.59 Å². The fourth-order valence-electron chi connectivity index (χ4n) is 4.41. The summed E-state index contributed by atoms with van der Waals surface area (Å²) in [6.45, 7) is 5.53. The van der Waals surface area contributed by atoms with E-state index in [1.165, 1.54) is 11.3 Å². The van der Waals surface area contributed by atoms with E-state index in [0.717, 1.165) is 22.4 Å². The Morgan fingerprint density at radius 3 is 2.59 bits per heavy atom. The van der Waals surface area contributed by atoms with E-state index in [1.54, 1.807) is 11.7 Å². The number of aryl methyl sites for hydroxylation is 1. The number of rotatable bonds is 6. The molecule has 0 aliphatic carbocycles. The van der Waals surface area contributed by atoms with Crippen LogP contribution in [0.15, 0.2) is 54.3 Å². The molecule has 1 N–H and O–H groups in total. The molecule has 1 aromatic carbocycles. The Balaban J connectivity index is 1.54. The van der Waals surface area contributed by atoms with Crippen LogP contribution in [-0.4, -0.2) is 46.3 Å². The lowest BCUT2D eigenvalue weighted by Crippen LogP contribution is -2.51. The van der Waals surface area contributed by atoms with E-state index in [0.29, 0.717) is 43.8 Å². The Hall–Kier alpha value is -3.06. The molecule has 0 bridgehead atoms. The topological polar surface area (TPSA) is 75.2 Å². The molecule has 2 aromatic heterocycles. The van der Waals surface area contributed by atoms with Gasteiger partial charge in [-0.15, -0.1) is 11.3 Å².